The van der Waals surface area contributed by atoms with Crippen molar-refractivity contribution in [2.75, 3.05) is 34.3 Å². The number of hydrogen-bond acceptors (Lipinski definition) is 3. The fraction of sp³-hybridized carbons (Fsp3) is 0.600. The molecule has 1 unspecified atom stereocenters. The lowest BCUT2D eigenvalue weighted by molar-refractivity contribution is 0.258. The Morgan fingerprint density at radius 3 is 2.94 bits per heavy atom. The number of fused-ring (bicyclic) bond motifs is 1. The van der Waals surface area contributed by atoms with Gasteiger partial charge in [-0.1, -0.05) is 12.1 Å². The average molecular weight is 248 g/mol. The minimum absolute atomic E-state index is 0.492. The Morgan fingerprint density at radius 1 is 1.39 bits per heavy atom. The van der Waals surface area contributed by atoms with Crippen molar-refractivity contribution in [3.8, 4) is 5.75 Å². The molecule has 0 bridgehead atoms. The molecule has 3 heteroatoms. The summed E-state index contributed by atoms with van der Waals surface area (Å²) in [5.41, 5.74) is 2.83. The summed E-state index contributed by atoms with van der Waals surface area (Å²) in [7, 11) is 6.18. The van der Waals surface area contributed by atoms with Gasteiger partial charge in [-0.15, -0.1) is 0 Å². The molecule has 0 aliphatic heterocycles. The van der Waals surface area contributed by atoms with Crippen LogP contribution in [0.3, 0.4) is 0 Å². The number of ether oxygens (including phenoxy) is 1. The lowest BCUT2D eigenvalue weighted by Crippen LogP contribution is -2.23. The zero-order chi connectivity index (χ0) is 13.0. The largest absolute Gasteiger partial charge is 0.492 e. The maximum Gasteiger partial charge on any atom is 0.122 e. The first-order valence-electron chi connectivity index (χ1n) is 6.79. The van der Waals surface area contributed by atoms with Crippen molar-refractivity contribution in [1.82, 2.24) is 10.2 Å². The molecule has 1 atom stereocenters. The number of nitrogens with one attached hydrogen (secondary N) is 1. The Kier molecular flexibility index (Phi) is 4.61. The lowest BCUT2D eigenvalue weighted by atomic mass is 9.87. The molecule has 2 rings (SSSR count). The molecule has 18 heavy (non-hydrogen) atoms. The number of hydrogen-bond donors (Lipinski definition) is 1. The third kappa shape index (κ3) is 3.03. The smallest absolute Gasteiger partial charge is 0.122 e. The van der Waals surface area contributed by atoms with E-state index in [-0.39, 0.29) is 0 Å². The third-order valence-electron chi connectivity index (χ3n) is 3.61. The fourth-order valence-electron chi connectivity index (χ4n) is 2.59. The molecule has 3 nitrogen and oxygen atoms in total. The van der Waals surface area contributed by atoms with Crippen LogP contribution in [0, 0.1) is 0 Å². The summed E-state index contributed by atoms with van der Waals surface area (Å²) < 4.78 is 5.94. The molecule has 0 radical (unpaired) electrons. The van der Waals surface area contributed by atoms with Gasteiger partial charge in [0.1, 0.15) is 12.4 Å². The molecule has 1 aliphatic rings. The molecule has 0 heterocycles. The van der Waals surface area contributed by atoms with Crippen molar-refractivity contribution < 1.29 is 4.74 Å². The van der Waals surface area contributed by atoms with E-state index >= 15 is 0 Å². The normalized spacial score (nSPS) is 18.8. The van der Waals surface area contributed by atoms with Crippen molar-refractivity contribution in [3.63, 3.8) is 0 Å². The first kappa shape index (κ1) is 13.4. The molecular weight excluding hydrogens is 224 g/mol. The second kappa shape index (κ2) is 6.21. The van der Waals surface area contributed by atoms with Gasteiger partial charge in [-0.2, -0.15) is 0 Å². The number of nitrogens with zero attached hydrogens (tertiary/aromatic N) is 1. The Hall–Kier alpha value is -1.06. The van der Waals surface area contributed by atoms with Crippen LogP contribution in [-0.4, -0.2) is 39.2 Å². The van der Waals surface area contributed by atoms with E-state index in [9.17, 15) is 0 Å². The van der Waals surface area contributed by atoms with Crippen LogP contribution in [-0.2, 0) is 6.42 Å². The SMILES string of the molecule is CNC1CCCc2c(OCCN(C)C)cccc21. The van der Waals surface area contributed by atoms with Crippen LogP contribution in [0.25, 0.3) is 0 Å². The molecule has 0 saturated heterocycles. The second-order valence-corrected chi connectivity index (χ2v) is 5.21. The minimum Gasteiger partial charge on any atom is -0.492 e. The highest BCUT2D eigenvalue weighted by molar-refractivity contribution is 5.43. The van der Waals surface area contributed by atoms with Gasteiger partial charge in [0, 0.05) is 12.6 Å². The van der Waals surface area contributed by atoms with Crippen LogP contribution in [0.5, 0.6) is 5.75 Å². The molecule has 0 aromatic heterocycles. The minimum atomic E-state index is 0.492. The van der Waals surface area contributed by atoms with Crippen molar-refractivity contribution in [3.05, 3.63) is 29.3 Å². The van der Waals surface area contributed by atoms with Crippen LogP contribution in [0.1, 0.15) is 30.0 Å². The Labute approximate surface area is 110 Å². The van der Waals surface area contributed by atoms with Gasteiger partial charge in [-0.05, 0) is 57.6 Å². The molecule has 0 fully saturated rings. The zero-order valence-electron chi connectivity index (χ0n) is 11.7. The van der Waals surface area contributed by atoms with Crippen molar-refractivity contribution in [2.45, 2.75) is 25.3 Å². The van der Waals surface area contributed by atoms with Gasteiger partial charge < -0.3 is 15.0 Å². The Balaban J connectivity index is 2.11. The maximum atomic E-state index is 5.94. The Bertz CT molecular complexity index is 390. The summed E-state index contributed by atoms with van der Waals surface area (Å²) in [5, 5.41) is 3.40. The van der Waals surface area contributed by atoms with Crippen LogP contribution < -0.4 is 10.1 Å². The summed E-state index contributed by atoms with van der Waals surface area (Å²) >= 11 is 0. The summed E-state index contributed by atoms with van der Waals surface area (Å²) in [6.07, 6.45) is 3.61. The van der Waals surface area contributed by atoms with Crippen LogP contribution in [0.15, 0.2) is 18.2 Å². The monoisotopic (exact) mass is 248 g/mol. The van der Waals surface area contributed by atoms with Gasteiger partial charge >= 0.3 is 0 Å². The molecule has 1 aromatic carbocycles. The molecule has 0 saturated carbocycles. The van der Waals surface area contributed by atoms with E-state index in [1.54, 1.807) is 0 Å². The second-order valence-electron chi connectivity index (χ2n) is 5.21. The zero-order valence-corrected chi connectivity index (χ0v) is 11.7. The molecular formula is C15H24N2O. The van der Waals surface area contributed by atoms with Gasteiger partial charge in [0.05, 0.1) is 0 Å². The van der Waals surface area contributed by atoms with E-state index < -0.39 is 0 Å². The lowest BCUT2D eigenvalue weighted by Gasteiger charge is -2.27. The van der Waals surface area contributed by atoms with Crippen molar-refractivity contribution in [1.29, 1.82) is 0 Å². The Morgan fingerprint density at radius 2 is 2.22 bits per heavy atom. The highest BCUT2D eigenvalue weighted by Gasteiger charge is 2.21. The molecule has 100 valence electrons. The maximum absolute atomic E-state index is 5.94. The number of rotatable bonds is 5. The van der Waals surface area contributed by atoms with E-state index in [4.69, 9.17) is 4.74 Å². The standard InChI is InChI=1S/C15H24N2O/c1-16-14-8-4-7-13-12(14)6-5-9-15(13)18-11-10-17(2)3/h5-6,9,14,16H,4,7-8,10-11H2,1-3H3. The van der Waals surface area contributed by atoms with Crippen LogP contribution in [0.4, 0.5) is 0 Å². The first-order chi connectivity index (χ1) is 8.72. The molecule has 1 aromatic rings. The topological polar surface area (TPSA) is 24.5 Å². The van der Waals surface area contributed by atoms with E-state index in [0.717, 1.165) is 25.3 Å². The van der Waals surface area contributed by atoms with Gasteiger partial charge in [0.2, 0.25) is 0 Å². The summed E-state index contributed by atoms with van der Waals surface area (Å²) in [6.45, 7) is 1.72. The predicted molar refractivity (Wildman–Crippen MR) is 75.2 cm³/mol. The van der Waals surface area contributed by atoms with E-state index in [1.165, 1.54) is 24.0 Å². The van der Waals surface area contributed by atoms with Crippen LogP contribution >= 0.6 is 0 Å². The third-order valence-corrected chi connectivity index (χ3v) is 3.61. The van der Waals surface area contributed by atoms with Gasteiger partial charge in [0.15, 0.2) is 0 Å². The highest BCUT2D eigenvalue weighted by Crippen LogP contribution is 2.34. The number of benzene rings is 1. The van der Waals surface area contributed by atoms with Crippen molar-refractivity contribution >= 4 is 0 Å². The summed E-state index contributed by atoms with van der Waals surface area (Å²) in [5.74, 6) is 1.08. The first-order valence-corrected chi connectivity index (χ1v) is 6.79. The fourth-order valence-corrected chi connectivity index (χ4v) is 2.59. The van der Waals surface area contributed by atoms with Crippen LogP contribution in [0.2, 0.25) is 0 Å². The molecule has 0 spiro atoms. The highest BCUT2D eigenvalue weighted by atomic mass is 16.5. The molecule has 1 aliphatic carbocycles. The van der Waals surface area contributed by atoms with Gasteiger partial charge in [0.25, 0.3) is 0 Å². The van der Waals surface area contributed by atoms with E-state index in [1.807, 2.05) is 7.05 Å². The van der Waals surface area contributed by atoms with Gasteiger partial charge in [-0.3, -0.25) is 0 Å². The van der Waals surface area contributed by atoms with Gasteiger partial charge in [-0.25, -0.2) is 0 Å². The quantitative estimate of drug-likeness (QED) is 0.865. The number of likely N-dealkylation sites (N-methyl/N-ethyl adjacent to an activating group) is 1. The summed E-state index contributed by atoms with van der Waals surface area (Å²) in [4.78, 5) is 2.14. The van der Waals surface area contributed by atoms with E-state index in [0.29, 0.717) is 6.04 Å². The average Bonchev–Trinajstić information content (AvgIpc) is 2.38. The predicted octanol–water partition coefficient (Wildman–Crippen LogP) is 2.22. The van der Waals surface area contributed by atoms with E-state index in [2.05, 4.69) is 42.5 Å². The molecule has 0 amide bonds. The van der Waals surface area contributed by atoms with Crippen molar-refractivity contribution in [2.24, 2.45) is 0 Å². The summed E-state index contributed by atoms with van der Waals surface area (Å²) in [6, 6.07) is 6.94. The molecule has 1 N–H and O–H groups in total.